The Morgan fingerprint density at radius 1 is 1.35 bits per heavy atom. The lowest BCUT2D eigenvalue weighted by Gasteiger charge is -2.24. The number of carbonyl (C=O) groups is 1. The molecule has 1 aromatic rings. The summed E-state index contributed by atoms with van der Waals surface area (Å²) < 4.78 is 0.827. The molecule has 0 bridgehead atoms. The Kier molecular flexibility index (Phi) is 7.29. The van der Waals surface area contributed by atoms with Crippen LogP contribution < -0.4 is 10.6 Å². The van der Waals surface area contributed by atoms with Crippen molar-refractivity contribution < 1.29 is 4.79 Å². The molecule has 0 aromatic carbocycles. The van der Waals surface area contributed by atoms with Gasteiger partial charge in [0.1, 0.15) is 0 Å². The van der Waals surface area contributed by atoms with Gasteiger partial charge in [0.2, 0.25) is 11.0 Å². The number of nitrogens with zero attached hydrogens (tertiary/aromatic N) is 2. The highest BCUT2D eigenvalue weighted by Crippen LogP contribution is 2.25. The van der Waals surface area contributed by atoms with E-state index in [4.69, 9.17) is 0 Å². The van der Waals surface area contributed by atoms with Crippen molar-refractivity contribution >= 4 is 34.1 Å². The molecule has 1 amide bonds. The second kappa shape index (κ2) is 8.46. The molecule has 5 nitrogen and oxygen atoms in total. The van der Waals surface area contributed by atoms with Crippen LogP contribution in [0.4, 0.5) is 5.13 Å². The van der Waals surface area contributed by atoms with Crippen LogP contribution in [0.5, 0.6) is 0 Å². The first-order valence-corrected chi connectivity index (χ1v) is 8.78. The molecule has 114 valence electrons. The van der Waals surface area contributed by atoms with Crippen LogP contribution in [-0.2, 0) is 4.79 Å². The summed E-state index contributed by atoms with van der Waals surface area (Å²) in [7, 11) is 0. The second-order valence-corrected chi connectivity index (χ2v) is 7.43. The Labute approximate surface area is 129 Å². The fourth-order valence-electron chi connectivity index (χ4n) is 1.34. The number of hydrogen-bond acceptors (Lipinski definition) is 6. The molecule has 0 saturated heterocycles. The van der Waals surface area contributed by atoms with E-state index < -0.39 is 0 Å². The molecule has 0 atom stereocenters. The van der Waals surface area contributed by atoms with Crippen molar-refractivity contribution in [2.75, 3.05) is 17.6 Å². The van der Waals surface area contributed by atoms with E-state index in [1.165, 1.54) is 23.1 Å². The summed E-state index contributed by atoms with van der Waals surface area (Å²) in [6.45, 7) is 9.18. The fraction of sp³-hybridized carbons (Fsp3) is 0.769. The van der Waals surface area contributed by atoms with Crippen LogP contribution in [0.2, 0.25) is 0 Å². The van der Waals surface area contributed by atoms with Crippen molar-refractivity contribution in [1.82, 2.24) is 15.5 Å². The highest BCUT2D eigenvalue weighted by molar-refractivity contribution is 8.01. The van der Waals surface area contributed by atoms with Gasteiger partial charge in [-0.25, -0.2) is 0 Å². The van der Waals surface area contributed by atoms with Gasteiger partial charge in [0.15, 0.2) is 4.34 Å². The standard InChI is InChI=1S/C13H24N4OS2/c1-5-7-8-14-11-16-17-12(20-11)19-9-10(18)15-13(3,4)6-2/h5-9H2,1-4H3,(H,14,16)(H,15,18). The molecule has 0 aliphatic carbocycles. The van der Waals surface area contributed by atoms with Gasteiger partial charge < -0.3 is 10.6 Å². The molecular formula is C13H24N4OS2. The molecule has 0 fully saturated rings. The zero-order valence-electron chi connectivity index (χ0n) is 12.7. The third-order valence-corrected chi connectivity index (χ3v) is 4.92. The first-order chi connectivity index (χ1) is 9.46. The van der Waals surface area contributed by atoms with Crippen molar-refractivity contribution in [3.8, 4) is 0 Å². The molecule has 0 aliphatic heterocycles. The molecule has 0 saturated carbocycles. The summed E-state index contributed by atoms with van der Waals surface area (Å²) in [5.41, 5.74) is -0.147. The molecule has 7 heteroatoms. The number of rotatable bonds is 9. The highest BCUT2D eigenvalue weighted by Gasteiger charge is 2.18. The van der Waals surface area contributed by atoms with Gasteiger partial charge >= 0.3 is 0 Å². The smallest absolute Gasteiger partial charge is 0.230 e. The topological polar surface area (TPSA) is 66.9 Å². The lowest BCUT2D eigenvalue weighted by atomic mass is 10.0. The van der Waals surface area contributed by atoms with Crippen LogP contribution in [0.1, 0.15) is 47.0 Å². The molecule has 0 radical (unpaired) electrons. The van der Waals surface area contributed by atoms with Crippen LogP contribution in [0.25, 0.3) is 0 Å². The van der Waals surface area contributed by atoms with Crippen LogP contribution in [0.15, 0.2) is 4.34 Å². The van der Waals surface area contributed by atoms with Crippen molar-refractivity contribution in [2.24, 2.45) is 0 Å². The molecular weight excluding hydrogens is 292 g/mol. The lowest BCUT2D eigenvalue weighted by Crippen LogP contribution is -2.43. The van der Waals surface area contributed by atoms with E-state index in [2.05, 4.69) is 34.7 Å². The van der Waals surface area contributed by atoms with Crippen LogP contribution in [-0.4, -0.2) is 33.9 Å². The third kappa shape index (κ3) is 6.56. The van der Waals surface area contributed by atoms with Crippen molar-refractivity contribution in [3.63, 3.8) is 0 Å². The molecule has 2 N–H and O–H groups in total. The summed E-state index contributed by atoms with van der Waals surface area (Å²) in [4.78, 5) is 11.8. The lowest BCUT2D eigenvalue weighted by molar-refractivity contribution is -0.120. The largest absolute Gasteiger partial charge is 0.360 e. The minimum Gasteiger partial charge on any atom is -0.360 e. The minimum atomic E-state index is -0.147. The maximum Gasteiger partial charge on any atom is 0.230 e. The Morgan fingerprint density at radius 2 is 2.10 bits per heavy atom. The van der Waals surface area contributed by atoms with Gasteiger partial charge in [-0.3, -0.25) is 4.79 Å². The number of thioether (sulfide) groups is 1. The summed E-state index contributed by atoms with van der Waals surface area (Å²) in [6.07, 6.45) is 3.19. The molecule has 20 heavy (non-hydrogen) atoms. The SMILES string of the molecule is CCCCNc1nnc(SCC(=O)NC(C)(C)CC)s1. The van der Waals surface area contributed by atoms with E-state index in [1.54, 1.807) is 0 Å². The zero-order chi connectivity index (χ0) is 15.0. The minimum absolute atomic E-state index is 0.0394. The van der Waals surface area contributed by atoms with Crippen molar-refractivity contribution in [2.45, 2.75) is 56.8 Å². The molecule has 1 heterocycles. The Hall–Kier alpha value is -0.820. The number of aromatic nitrogens is 2. The summed E-state index contributed by atoms with van der Waals surface area (Å²) in [5.74, 6) is 0.421. The molecule has 0 aliphatic rings. The Balaban J connectivity index is 2.33. The number of hydrogen-bond donors (Lipinski definition) is 2. The predicted octanol–water partition coefficient (Wildman–Crippen LogP) is 3.15. The van der Waals surface area contributed by atoms with Crippen molar-refractivity contribution in [1.29, 1.82) is 0 Å². The molecule has 1 rings (SSSR count). The van der Waals surface area contributed by atoms with Crippen molar-refractivity contribution in [3.05, 3.63) is 0 Å². The monoisotopic (exact) mass is 316 g/mol. The number of nitrogens with one attached hydrogen (secondary N) is 2. The summed E-state index contributed by atoms with van der Waals surface area (Å²) in [5, 5.41) is 15.2. The highest BCUT2D eigenvalue weighted by atomic mass is 32.2. The van der Waals surface area contributed by atoms with E-state index in [9.17, 15) is 4.79 Å². The maximum atomic E-state index is 11.8. The molecule has 1 aromatic heterocycles. The number of unbranched alkanes of at least 4 members (excludes halogenated alkanes) is 1. The van der Waals surface area contributed by atoms with E-state index >= 15 is 0 Å². The van der Waals surface area contributed by atoms with Gasteiger partial charge in [-0.15, -0.1) is 10.2 Å². The predicted molar refractivity (Wildman–Crippen MR) is 86.5 cm³/mol. The first kappa shape index (κ1) is 17.2. The van der Waals surface area contributed by atoms with Crippen LogP contribution in [0, 0.1) is 0 Å². The second-order valence-electron chi connectivity index (χ2n) is 5.23. The van der Waals surface area contributed by atoms with Gasteiger partial charge in [0, 0.05) is 12.1 Å². The van der Waals surface area contributed by atoms with Gasteiger partial charge in [0.05, 0.1) is 5.75 Å². The van der Waals surface area contributed by atoms with E-state index in [-0.39, 0.29) is 11.4 Å². The van der Waals surface area contributed by atoms with Crippen LogP contribution >= 0.6 is 23.1 Å². The van der Waals surface area contributed by atoms with Gasteiger partial charge in [-0.1, -0.05) is 43.4 Å². The average Bonchev–Trinajstić information content (AvgIpc) is 2.84. The van der Waals surface area contributed by atoms with Gasteiger partial charge in [-0.2, -0.15) is 0 Å². The fourth-order valence-corrected chi connectivity index (χ4v) is 2.92. The Bertz CT molecular complexity index is 420. The summed E-state index contributed by atoms with van der Waals surface area (Å²) in [6, 6.07) is 0. The number of anilines is 1. The first-order valence-electron chi connectivity index (χ1n) is 6.98. The van der Waals surface area contributed by atoms with Gasteiger partial charge in [-0.05, 0) is 26.7 Å². The third-order valence-electron chi connectivity index (χ3n) is 2.90. The number of carbonyl (C=O) groups excluding carboxylic acids is 1. The molecule has 0 spiro atoms. The summed E-state index contributed by atoms with van der Waals surface area (Å²) >= 11 is 2.93. The van der Waals surface area contributed by atoms with Gasteiger partial charge in [0.25, 0.3) is 0 Å². The van der Waals surface area contributed by atoms with Crippen LogP contribution in [0.3, 0.4) is 0 Å². The average molecular weight is 316 g/mol. The van der Waals surface area contributed by atoms with E-state index in [0.29, 0.717) is 5.75 Å². The quantitative estimate of drug-likeness (QED) is 0.541. The molecule has 0 unspecified atom stereocenters. The normalized spacial score (nSPS) is 11.4. The maximum absolute atomic E-state index is 11.8. The number of amides is 1. The van der Waals surface area contributed by atoms with E-state index in [0.717, 1.165) is 35.3 Å². The van der Waals surface area contributed by atoms with E-state index in [1.807, 2.05) is 13.8 Å². The zero-order valence-corrected chi connectivity index (χ0v) is 14.3. The Morgan fingerprint density at radius 3 is 2.75 bits per heavy atom.